The van der Waals surface area contributed by atoms with E-state index in [4.69, 9.17) is 21.4 Å². The van der Waals surface area contributed by atoms with Crippen LogP contribution in [0.5, 0.6) is 5.75 Å². The van der Waals surface area contributed by atoms with Crippen LogP contribution in [-0.4, -0.2) is 17.6 Å². The molecular weight excluding hydrogens is 392 g/mol. The molecule has 5 nitrogen and oxygen atoms in total. The molecule has 2 N–H and O–H groups in total. The summed E-state index contributed by atoms with van der Waals surface area (Å²) in [5, 5.41) is 5.79. The number of furan rings is 1. The van der Waals surface area contributed by atoms with Gasteiger partial charge in [0.15, 0.2) is 5.11 Å². The molecule has 0 saturated heterocycles. The van der Waals surface area contributed by atoms with E-state index in [1.165, 1.54) is 0 Å². The molecule has 0 aliphatic carbocycles. The van der Waals surface area contributed by atoms with Crippen LogP contribution in [0, 0.1) is 5.92 Å². The average Bonchev–Trinajstić information content (AvgIpc) is 3.05. The van der Waals surface area contributed by atoms with Crippen molar-refractivity contribution in [2.75, 3.05) is 6.61 Å². The second-order valence-electron chi connectivity index (χ2n) is 5.57. The van der Waals surface area contributed by atoms with Gasteiger partial charge in [-0.3, -0.25) is 10.1 Å². The van der Waals surface area contributed by atoms with Gasteiger partial charge in [-0.25, -0.2) is 0 Å². The Hall–Kier alpha value is -1.86. The van der Waals surface area contributed by atoms with Crippen LogP contribution in [0.4, 0.5) is 0 Å². The highest BCUT2D eigenvalue weighted by atomic mass is 79.9. The lowest BCUT2D eigenvalue weighted by Gasteiger charge is -2.12. The average molecular weight is 411 g/mol. The lowest BCUT2D eigenvalue weighted by molar-refractivity contribution is 0.0976. The van der Waals surface area contributed by atoms with Gasteiger partial charge < -0.3 is 14.5 Å². The van der Waals surface area contributed by atoms with Crippen LogP contribution in [0.15, 0.2) is 45.5 Å². The van der Waals surface area contributed by atoms with Gasteiger partial charge in [-0.1, -0.05) is 13.8 Å². The molecule has 0 saturated carbocycles. The summed E-state index contributed by atoms with van der Waals surface area (Å²) in [4.78, 5) is 12.2. The standard InChI is InChI=1S/C17H19BrN2O3S/c1-11(2)10-23-15-6-5-12(8-14(15)18)16(21)20-17(24)19-9-13-4-3-7-22-13/h3-8,11H,9-10H2,1-2H3,(H2,19,20,21,24). The second-order valence-corrected chi connectivity index (χ2v) is 6.83. The van der Waals surface area contributed by atoms with Gasteiger partial charge in [-0.2, -0.15) is 0 Å². The zero-order chi connectivity index (χ0) is 17.5. The maximum absolute atomic E-state index is 12.2. The number of carbonyl (C=O) groups is 1. The Bertz CT molecular complexity index is 702. The van der Waals surface area contributed by atoms with E-state index in [9.17, 15) is 4.79 Å². The highest BCUT2D eigenvalue weighted by Gasteiger charge is 2.11. The number of thiocarbonyl (C=S) groups is 1. The number of hydrogen-bond donors (Lipinski definition) is 2. The van der Waals surface area contributed by atoms with Crippen molar-refractivity contribution in [2.24, 2.45) is 5.92 Å². The van der Waals surface area contributed by atoms with Gasteiger partial charge >= 0.3 is 0 Å². The van der Waals surface area contributed by atoms with Gasteiger partial charge in [0.1, 0.15) is 11.5 Å². The Morgan fingerprint density at radius 1 is 1.38 bits per heavy atom. The van der Waals surface area contributed by atoms with Crippen LogP contribution in [0.2, 0.25) is 0 Å². The molecule has 128 valence electrons. The number of ether oxygens (including phenoxy) is 1. The Morgan fingerprint density at radius 2 is 2.17 bits per heavy atom. The van der Waals surface area contributed by atoms with E-state index < -0.39 is 0 Å². The molecule has 0 unspecified atom stereocenters. The predicted octanol–water partition coefficient (Wildman–Crippen LogP) is 3.88. The Kier molecular flexibility index (Phi) is 6.81. The van der Waals surface area contributed by atoms with Crippen molar-refractivity contribution in [3.8, 4) is 5.75 Å². The van der Waals surface area contributed by atoms with Crippen molar-refractivity contribution in [1.82, 2.24) is 10.6 Å². The van der Waals surface area contributed by atoms with E-state index in [2.05, 4.69) is 40.4 Å². The smallest absolute Gasteiger partial charge is 0.257 e. The number of carbonyl (C=O) groups excluding carboxylic acids is 1. The fraction of sp³-hybridized carbons (Fsp3) is 0.294. The maximum Gasteiger partial charge on any atom is 0.257 e. The van der Waals surface area contributed by atoms with E-state index in [0.29, 0.717) is 30.4 Å². The molecule has 0 aliphatic heterocycles. The van der Waals surface area contributed by atoms with Crippen LogP contribution in [-0.2, 0) is 6.54 Å². The zero-order valence-corrected chi connectivity index (χ0v) is 15.9. The van der Waals surface area contributed by atoms with Crippen molar-refractivity contribution in [1.29, 1.82) is 0 Å². The van der Waals surface area contributed by atoms with E-state index in [0.717, 1.165) is 10.2 Å². The number of benzene rings is 1. The zero-order valence-electron chi connectivity index (χ0n) is 13.5. The van der Waals surface area contributed by atoms with Crippen LogP contribution >= 0.6 is 28.1 Å². The number of nitrogens with one attached hydrogen (secondary N) is 2. The van der Waals surface area contributed by atoms with Crippen LogP contribution in [0.1, 0.15) is 30.0 Å². The fourth-order valence-electron chi connectivity index (χ4n) is 1.82. The van der Waals surface area contributed by atoms with Crippen LogP contribution in [0.3, 0.4) is 0 Å². The molecule has 1 aromatic heterocycles. The molecule has 7 heteroatoms. The first-order chi connectivity index (χ1) is 11.5. The summed E-state index contributed by atoms with van der Waals surface area (Å²) in [5.41, 5.74) is 0.487. The monoisotopic (exact) mass is 410 g/mol. The highest BCUT2D eigenvalue weighted by molar-refractivity contribution is 9.10. The summed E-state index contributed by atoms with van der Waals surface area (Å²) in [6.07, 6.45) is 1.58. The number of hydrogen-bond acceptors (Lipinski definition) is 4. The molecule has 0 radical (unpaired) electrons. The van der Waals surface area contributed by atoms with E-state index >= 15 is 0 Å². The SMILES string of the molecule is CC(C)COc1ccc(C(=O)NC(=S)NCc2ccco2)cc1Br. The number of rotatable bonds is 6. The van der Waals surface area contributed by atoms with E-state index in [1.807, 2.05) is 6.07 Å². The van der Waals surface area contributed by atoms with Gasteiger partial charge in [0.05, 0.1) is 23.9 Å². The minimum Gasteiger partial charge on any atom is -0.492 e. The molecule has 0 aliphatic rings. The van der Waals surface area contributed by atoms with Crippen molar-refractivity contribution in [3.05, 3.63) is 52.4 Å². The summed E-state index contributed by atoms with van der Waals surface area (Å²) in [7, 11) is 0. The normalized spacial score (nSPS) is 10.5. The molecule has 24 heavy (non-hydrogen) atoms. The Balaban J connectivity index is 1.89. The molecule has 2 aromatic rings. The third-order valence-electron chi connectivity index (χ3n) is 3.00. The predicted molar refractivity (Wildman–Crippen MR) is 100 cm³/mol. The minimum atomic E-state index is -0.289. The molecule has 0 spiro atoms. The van der Waals surface area contributed by atoms with E-state index in [-0.39, 0.29) is 11.0 Å². The minimum absolute atomic E-state index is 0.243. The summed E-state index contributed by atoms with van der Waals surface area (Å²) in [6, 6.07) is 8.79. The highest BCUT2D eigenvalue weighted by Crippen LogP contribution is 2.26. The summed E-state index contributed by atoms with van der Waals surface area (Å²) in [6.45, 7) is 5.18. The van der Waals surface area contributed by atoms with Gasteiger partial charge in [-0.05, 0) is 64.4 Å². The quantitative estimate of drug-likeness (QED) is 0.707. The summed E-state index contributed by atoms with van der Waals surface area (Å²) in [5.74, 6) is 1.58. The largest absolute Gasteiger partial charge is 0.492 e. The maximum atomic E-state index is 12.2. The molecule has 0 atom stereocenters. The van der Waals surface area contributed by atoms with Gasteiger partial charge in [0.25, 0.3) is 5.91 Å². The first kappa shape index (κ1) is 18.5. The van der Waals surface area contributed by atoms with Crippen molar-refractivity contribution in [3.63, 3.8) is 0 Å². The fourth-order valence-corrected chi connectivity index (χ4v) is 2.47. The van der Waals surface area contributed by atoms with Crippen molar-refractivity contribution in [2.45, 2.75) is 20.4 Å². The number of amides is 1. The van der Waals surface area contributed by atoms with Crippen molar-refractivity contribution < 1.29 is 13.9 Å². The molecular formula is C17H19BrN2O3S. The molecule has 1 amide bonds. The molecule has 1 heterocycles. The van der Waals surface area contributed by atoms with Crippen LogP contribution in [0.25, 0.3) is 0 Å². The van der Waals surface area contributed by atoms with Crippen LogP contribution < -0.4 is 15.4 Å². The first-order valence-electron chi connectivity index (χ1n) is 7.49. The first-order valence-corrected chi connectivity index (χ1v) is 8.69. The Morgan fingerprint density at radius 3 is 2.79 bits per heavy atom. The van der Waals surface area contributed by atoms with E-state index in [1.54, 1.807) is 30.5 Å². The molecule has 0 fully saturated rings. The van der Waals surface area contributed by atoms with Gasteiger partial charge in [-0.15, -0.1) is 0 Å². The third kappa shape index (κ3) is 5.65. The lowest BCUT2D eigenvalue weighted by atomic mass is 10.2. The molecule has 2 rings (SSSR count). The molecule has 0 bridgehead atoms. The second kappa shape index (κ2) is 8.84. The summed E-state index contributed by atoms with van der Waals surface area (Å²) < 4.78 is 11.6. The molecule has 1 aromatic carbocycles. The van der Waals surface area contributed by atoms with Gasteiger partial charge in [0.2, 0.25) is 0 Å². The topological polar surface area (TPSA) is 63.5 Å². The summed E-state index contributed by atoms with van der Waals surface area (Å²) >= 11 is 8.53. The van der Waals surface area contributed by atoms with Gasteiger partial charge in [0, 0.05) is 5.56 Å². The third-order valence-corrected chi connectivity index (χ3v) is 3.86. The Labute approximate surface area is 154 Å². The van der Waals surface area contributed by atoms with Crippen molar-refractivity contribution >= 4 is 39.2 Å². The number of halogens is 1. The lowest BCUT2D eigenvalue weighted by Crippen LogP contribution is -2.38.